The van der Waals surface area contributed by atoms with E-state index in [1.807, 2.05) is 38.1 Å². The quantitative estimate of drug-likeness (QED) is 0.871. The van der Waals surface area contributed by atoms with Gasteiger partial charge in [0.1, 0.15) is 12.0 Å². The van der Waals surface area contributed by atoms with Crippen molar-refractivity contribution < 1.29 is 4.79 Å². The maximum Gasteiger partial charge on any atom is 0.173 e. The summed E-state index contributed by atoms with van der Waals surface area (Å²) in [5.41, 5.74) is 3.80. The van der Waals surface area contributed by atoms with E-state index >= 15 is 0 Å². The van der Waals surface area contributed by atoms with Crippen LogP contribution in [0.5, 0.6) is 0 Å². The number of aromatic nitrogens is 2. The second-order valence-electron chi connectivity index (χ2n) is 4.85. The molecular weight excluding hydrogens is 264 g/mol. The maximum atomic E-state index is 11.4. The number of nitrogens with one attached hydrogen (secondary N) is 1. The van der Waals surface area contributed by atoms with Gasteiger partial charge in [0.25, 0.3) is 0 Å². The van der Waals surface area contributed by atoms with Crippen LogP contribution in [0, 0.1) is 13.8 Å². The molecule has 1 N–H and O–H groups in total. The highest BCUT2D eigenvalue weighted by Crippen LogP contribution is 2.29. The normalized spacial score (nSPS) is 11.3. The first kappa shape index (κ1) is 14.8. The zero-order chi connectivity index (χ0) is 15.4. The van der Waals surface area contributed by atoms with Crippen LogP contribution in [-0.4, -0.2) is 21.5 Å². The van der Waals surface area contributed by atoms with E-state index in [4.69, 9.17) is 0 Å². The molecule has 1 aromatic carbocycles. The molecule has 1 heterocycles. The van der Waals surface area contributed by atoms with Crippen molar-refractivity contribution in [2.24, 2.45) is 4.99 Å². The fourth-order valence-electron chi connectivity index (χ4n) is 1.78. The highest BCUT2D eigenvalue weighted by Gasteiger charge is 2.10. The van der Waals surface area contributed by atoms with Crippen molar-refractivity contribution in [1.82, 2.24) is 9.97 Å². The maximum absolute atomic E-state index is 11.4. The lowest BCUT2D eigenvalue weighted by atomic mass is 10.2. The minimum absolute atomic E-state index is 0.0694. The number of carbonyl (C=O) groups is 1. The summed E-state index contributed by atoms with van der Waals surface area (Å²) < 4.78 is 0. The predicted molar refractivity (Wildman–Crippen MR) is 84.7 cm³/mol. The van der Waals surface area contributed by atoms with Crippen molar-refractivity contribution in [2.75, 3.05) is 5.32 Å². The van der Waals surface area contributed by atoms with Gasteiger partial charge in [0, 0.05) is 12.6 Å². The van der Waals surface area contributed by atoms with Gasteiger partial charge in [0.15, 0.2) is 11.6 Å². The minimum Gasteiger partial charge on any atom is -0.338 e. The molecule has 5 nitrogen and oxygen atoms in total. The van der Waals surface area contributed by atoms with Gasteiger partial charge in [-0.25, -0.2) is 15.0 Å². The number of nitrogens with zero attached hydrogens (tertiary/aromatic N) is 3. The number of rotatable bonds is 4. The number of hydrogen-bond donors (Lipinski definition) is 1. The fraction of sp³-hybridized carbons (Fsp3) is 0.250. The molecule has 0 fully saturated rings. The average Bonchev–Trinajstić information content (AvgIpc) is 2.44. The summed E-state index contributed by atoms with van der Waals surface area (Å²) in [6.45, 7) is 7.04. The number of benzene rings is 1. The van der Waals surface area contributed by atoms with E-state index in [1.54, 1.807) is 6.92 Å². The van der Waals surface area contributed by atoms with Crippen LogP contribution in [0.3, 0.4) is 0 Å². The molecule has 2 rings (SSSR count). The standard InChI is InChI=1S/C16H18N4O/c1-10-7-5-6-8-14(10)20-16-15(12(3)17-9-18-16)19-11(2)13(4)21/h5-9H,1-4H3,(H,17,18,20). The molecule has 5 heteroatoms. The van der Waals surface area contributed by atoms with Gasteiger partial charge in [-0.1, -0.05) is 18.2 Å². The van der Waals surface area contributed by atoms with Crippen molar-refractivity contribution in [1.29, 1.82) is 0 Å². The Kier molecular flexibility index (Phi) is 4.42. The summed E-state index contributed by atoms with van der Waals surface area (Å²) in [7, 11) is 0. The topological polar surface area (TPSA) is 67.2 Å². The second kappa shape index (κ2) is 6.26. The third-order valence-electron chi connectivity index (χ3n) is 3.19. The lowest BCUT2D eigenvalue weighted by Crippen LogP contribution is -2.05. The van der Waals surface area contributed by atoms with Crippen molar-refractivity contribution in [3.8, 4) is 0 Å². The molecule has 0 bridgehead atoms. The lowest BCUT2D eigenvalue weighted by molar-refractivity contribution is -0.111. The van der Waals surface area contributed by atoms with Crippen molar-refractivity contribution in [3.05, 3.63) is 41.9 Å². The lowest BCUT2D eigenvalue weighted by Gasteiger charge is -2.12. The molecule has 0 aliphatic heterocycles. The van der Waals surface area contributed by atoms with Gasteiger partial charge in [-0.3, -0.25) is 4.79 Å². The van der Waals surface area contributed by atoms with Gasteiger partial charge < -0.3 is 5.32 Å². The van der Waals surface area contributed by atoms with E-state index in [0.29, 0.717) is 17.2 Å². The molecule has 0 saturated carbocycles. The fourth-order valence-corrected chi connectivity index (χ4v) is 1.78. The van der Waals surface area contributed by atoms with Gasteiger partial charge >= 0.3 is 0 Å². The first-order valence-electron chi connectivity index (χ1n) is 6.69. The average molecular weight is 282 g/mol. The Balaban J connectivity index is 2.46. The zero-order valence-electron chi connectivity index (χ0n) is 12.6. The van der Waals surface area contributed by atoms with E-state index in [1.165, 1.54) is 13.3 Å². The minimum atomic E-state index is -0.0694. The van der Waals surface area contributed by atoms with Crippen LogP contribution >= 0.6 is 0 Å². The summed E-state index contributed by atoms with van der Waals surface area (Å²) in [4.78, 5) is 24.1. The number of aryl methyl sites for hydroxylation is 2. The van der Waals surface area contributed by atoms with Crippen LogP contribution in [0.25, 0.3) is 0 Å². The molecule has 0 radical (unpaired) electrons. The van der Waals surface area contributed by atoms with Crippen LogP contribution in [-0.2, 0) is 4.79 Å². The molecular formula is C16H18N4O. The van der Waals surface area contributed by atoms with Crippen molar-refractivity contribution >= 4 is 28.7 Å². The molecule has 0 aliphatic carbocycles. The van der Waals surface area contributed by atoms with Crippen LogP contribution < -0.4 is 5.32 Å². The molecule has 0 atom stereocenters. The Bertz CT molecular complexity index is 707. The number of para-hydroxylation sites is 1. The van der Waals surface area contributed by atoms with Crippen LogP contribution in [0.1, 0.15) is 25.1 Å². The van der Waals surface area contributed by atoms with Gasteiger partial charge in [0.2, 0.25) is 0 Å². The van der Waals surface area contributed by atoms with Crippen molar-refractivity contribution in [3.63, 3.8) is 0 Å². The largest absolute Gasteiger partial charge is 0.338 e. The zero-order valence-corrected chi connectivity index (χ0v) is 12.6. The van der Waals surface area contributed by atoms with E-state index in [0.717, 1.165) is 16.9 Å². The Morgan fingerprint density at radius 2 is 1.86 bits per heavy atom. The summed E-state index contributed by atoms with van der Waals surface area (Å²) in [5, 5.41) is 3.26. The van der Waals surface area contributed by atoms with Gasteiger partial charge in [-0.05, 0) is 32.4 Å². The summed E-state index contributed by atoms with van der Waals surface area (Å²) in [6, 6.07) is 7.91. The van der Waals surface area contributed by atoms with Crippen LogP contribution in [0.4, 0.5) is 17.2 Å². The van der Waals surface area contributed by atoms with E-state index in [-0.39, 0.29) is 5.78 Å². The Morgan fingerprint density at radius 1 is 1.14 bits per heavy atom. The monoisotopic (exact) mass is 282 g/mol. The molecule has 0 aliphatic rings. The highest BCUT2D eigenvalue weighted by atomic mass is 16.1. The Hall–Kier alpha value is -2.56. The molecule has 0 spiro atoms. The third-order valence-corrected chi connectivity index (χ3v) is 3.19. The van der Waals surface area contributed by atoms with Gasteiger partial charge in [0.05, 0.1) is 11.4 Å². The van der Waals surface area contributed by atoms with Crippen LogP contribution in [0.15, 0.2) is 35.6 Å². The number of anilines is 2. The molecule has 0 saturated heterocycles. The first-order valence-corrected chi connectivity index (χ1v) is 6.69. The van der Waals surface area contributed by atoms with Gasteiger partial charge in [-0.15, -0.1) is 0 Å². The van der Waals surface area contributed by atoms with Crippen LogP contribution in [0.2, 0.25) is 0 Å². The Morgan fingerprint density at radius 3 is 2.52 bits per heavy atom. The van der Waals surface area contributed by atoms with E-state index in [2.05, 4.69) is 20.3 Å². The molecule has 2 aromatic rings. The Labute approximate surface area is 124 Å². The SMILES string of the molecule is CC(=O)C(C)=Nc1c(C)ncnc1Nc1ccccc1C. The summed E-state index contributed by atoms with van der Waals surface area (Å²) >= 11 is 0. The highest BCUT2D eigenvalue weighted by molar-refractivity contribution is 6.38. The van der Waals surface area contributed by atoms with E-state index < -0.39 is 0 Å². The number of aliphatic imine (C=N–C) groups is 1. The second-order valence-corrected chi connectivity index (χ2v) is 4.85. The predicted octanol–water partition coefficient (Wildman–Crippen LogP) is 3.52. The smallest absolute Gasteiger partial charge is 0.173 e. The summed E-state index contributed by atoms with van der Waals surface area (Å²) in [6.07, 6.45) is 1.48. The third kappa shape index (κ3) is 3.51. The van der Waals surface area contributed by atoms with Gasteiger partial charge in [-0.2, -0.15) is 0 Å². The molecule has 1 aromatic heterocycles. The first-order chi connectivity index (χ1) is 9.99. The molecule has 0 unspecified atom stereocenters. The van der Waals surface area contributed by atoms with Crippen molar-refractivity contribution in [2.45, 2.75) is 27.7 Å². The molecule has 108 valence electrons. The van der Waals surface area contributed by atoms with E-state index in [9.17, 15) is 4.79 Å². The number of carbonyl (C=O) groups excluding carboxylic acids is 1. The number of Topliss-reactive ketones (excluding diaryl/α,β-unsaturated/α-hetero) is 1. The molecule has 0 amide bonds. The number of hydrogen-bond acceptors (Lipinski definition) is 5. The molecule has 21 heavy (non-hydrogen) atoms. The summed E-state index contributed by atoms with van der Waals surface area (Å²) in [5.74, 6) is 0.525. The number of ketones is 1.